The zero-order valence-corrected chi connectivity index (χ0v) is 15.1. The van der Waals surface area contributed by atoms with Gasteiger partial charge in [-0.2, -0.15) is 17.7 Å². The van der Waals surface area contributed by atoms with E-state index in [-0.39, 0.29) is 37.7 Å². The fraction of sp³-hybridized carbons (Fsp3) is 0.625. The largest absolute Gasteiger partial charge is 0.453 e. The molecule has 2 saturated heterocycles. The van der Waals surface area contributed by atoms with Crippen LogP contribution >= 0.6 is 0 Å². The Kier molecular flexibility index (Phi) is 4.79. The van der Waals surface area contributed by atoms with E-state index in [2.05, 4.69) is 15.3 Å². The number of carbonyl (C=O) groups is 1. The molecule has 0 spiro atoms. The van der Waals surface area contributed by atoms with Crippen LogP contribution in [-0.2, 0) is 15.7 Å². The Bertz CT molecular complexity index is 907. The highest BCUT2D eigenvalue weighted by Crippen LogP contribution is 2.29. The molecule has 0 saturated carbocycles. The first-order chi connectivity index (χ1) is 13.6. The standard InChI is InChI=1S/C16H17F5N6O2/c17-15(18)3-5-25(6-4-15)13(28)10-9-26(7-8-29-10)12-2-1-11-22-23-14(16(19,20)21)27(11)24-12/h1-2,10H,3-9H2. The molecule has 0 aromatic carbocycles. The van der Waals surface area contributed by atoms with Crippen LogP contribution in [0.1, 0.15) is 18.7 Å². The van der Waals surface area contributed by atoms with E-state index in [1.165, 1.54) is 17.0 Å². The first-order valence-electron chi connectivity index (χ1n) is 8.97. The number of fused-ring (bicyclic) bond motifs is 1. The summed E-state index contributed by atoms with van der Waals surface area (Å²) in [5, 5.41) is 10.6. The summed E-state index contributed by atoms with van der Waals surface area (Å²) in [6, 6.07) is 2.84. The number of alkyl halides is 5. The molecule has 0 radical (unpaired) electrons. The zero-order valence-electron chi connectivity index (χ0n) is 15.1. The summed E-state index contributed by atoms with van der Waals surface area (Å²) in [6.07, 6.45) is -6.43. The SMILES string of the molecule is O=C(C1CN(c2ccc3nnc(C(F)(F)F)n3n2)CCO1)N1CCC(F)(F)CC1. The molecule has 1 atom stereocenters. The van der Waals surface area contributed by atoms with Crippen molar-refractivity contribution in [1.82, 2.24) is 24.7 Å². The quantitative estimate of drug-likeness (QED) is 0.688. The van der Waals surface area contributed by atoms with E-state index in [9.17, 15) is 26.7 Å². The first kappa shape index (κ1) is 19.7. The van der Waals surface area contributed by atoms with Crippen molar-refractivity contribution in [3.63, 3.8) is 0 Å². The lowest BCUT2D eigenvalue weighted by Gasteiger charge is -2.37. The predicted molar refractivity (Wildman–Crippen MR) is 88.5 cm³/mol. The summed E-state index contributed by atoms with van der Waals surface area (Å²) in [6.45, 7) is 0.378. The van der Waals surface area contributed by atoms with Crippen molar-refractivity contribution in [1.29, 1.82) is 0 Å². The summed E-state index contributed by atoms with van der Waals surface area (Å²) < 4.78 is 71.9. The van der Waals surface area contributed by atoms with Gasteiger partial charge in [-0.05, 0) is 12.1 Å². The second kappa shape index (κ2) is 7.04. The molecular weight excluding hydrogens is 403 g/mol. The molecule has 2 aromatic rings. The van der Waals surface area contributed by atoms with Gasteiger partial charge < -0.3 is 14.5 Å². The first-order valence-corrected chi connectivity index (χ1v) is 8.97. The molecule has 1 unspecified atom stereocenters. The van der Waals surface area contributed by atoms with Crippen LogP contribution in [0.2, 0.25) is 0 Å². The van der Waals surface area contributed by atoms with E-state index < -0.39 is 42.8 Å². The number of hydrogen-bond acceptors (Lipinski definition) is 6. The number of aromatic nitrogens is 4. The summed E-state index contributed by atoms with van der Waals surface area (Å²) in [4.78, 5) is 15.6. The molecule has 29 heavy (non-hydrogen) atoms. The van der Waals surface area contributed by atoms with E-state index in [1.54, 1.807) is 4.90 Å². The second-order valence-corrected chi connectivity index (χ2v) is 6.97. The molecule has 8 nitrogen and oxygen atoms in total. The number of hydrogen-bond donors (Lipinski definition) is 0. The van der Waals surface area contributed by atoms with Gasteiger partial charge in [0, 0.05) is 32.5 Å². The van der Waals surface area contributed by atoms with Gasteiger partial charge >= 0.3 is 6.18 Å². The molecule has 2 aromatic heterocycles. The third kappa shape index (κ3) is 3.95. The van der Waals surface area contributed by atoms with Gasteiger partial charge in [0.1, 0.15) is 5.82 Å². The van der Waals surface area contributed by atoms with Crippen LogP contribution in [0.15, 0.2) is 12.1 Å². The topological polar surface area (TPSA) is 75.9 Å². The number of anilines is 1. The highest BCUT2D eigenvalue weighted by Gasteiger charge is 2.40. The maximum Gasteiger partial charge on any atom is 0.453 e. The normalized spacial score (nSPS) is 22.9. The average molecular weight is 420 g/mol. The van der Waals surface area contributed by atoms with E-state index in [0.29, 0.717) is 11.1 Å². The molecule has 0 N–H and O–H groups in total. The summed E-state index contributed by atoms with van der Waals surface area (Å²) in [5.74, 6) is -4.23. The van der Waals surface area contributed by atoms with Gasteiger partial charge in [0.05, 0.1) is 13.2 Å². The van der Waals surface area contributed by atoms with Crippen molar-refractivity contribution in [2.45, 2.75) is 31.0 Å². The van der Waals surface area contributed by atoms with Gasteiger partial charge in [0.2, 0.25) is 0 Å². The lowest BCUT2D eigenvalue weighted by atomic mass is 10.1. The highest BCUT2D eigenvalue weighted by molar-refractivity contribution is 5.82. The van der Waals surface area contributed by atoms with Crippen LogP contribution in [0.25, 0.3) is 5.65 Å². The minimum atomic E-state index is -4.72. The lowest BCUT2D eigenvalue weighted by Crippen LogP contribution is -2.53. The zero-order chi connectivity index (χ0) is 20.8. The van der Waals surface area contributed by atoms with Crippen molar-refractivity contribution < 1.29 is 31.5 Å². The Hall–Kier alpha value is -2.57. The highest BCUT2D eigenvalue weighted by atomic mass is 19.4. The van der Waals surface area contributed by atoms with Crippen LogP contribution in [-0.4, -0.2) is 75.4 Å². The number of amides is 1. The number of halogens is 5. The molecule has 13 heteroatoms. The Labute approximate surface area is 161 Å². The van der Waals surface area contributed by atoms with E-state index in [4.69, 9.17) is 4.74 Å². The van der Waals surface area contributed by atoms with Crippen molar-refractivity contribution in [2.75, 3.05) is 37.7 Å². The van der Waals surface area contributed by atoms with E-state index >= 15 is 0 Å². The van der Waals surface area contributed by atoms with E-state index in [0.717, 1.165) is 0 Å². The van der Waals surface area contributed by atoms with E-state index in [1.807, 2.05) is 0 Å². The van der Waals surface area contributed by atoms with Crippen molar-refractivity contribution in [2.24, 2.45) is 0 Å². The van der Waals surface area contributed by atoms with Gasteiger partial charge in [-0.3, -0.25) is 4.79 Å². The number of morpholine rings is 1. The van der Waals surface area contributed by atoms with Crippen molar-refractivity contribution in [3.8, 4) is 0 Å². The van der Waals surface area contributed by atoms with Gasteiger partial charge in [-0.15, -0.1) is 15.3 Å². The Morgan fingerprint density at radius 2 is 1.86 bits per heavy atom. The number of nitrogens with zero attached hydrogens (tertiary/aromatic N) is 6. The van der Waals surface area contributed by atoms with Gasteiger partial charge in [0.15, 0.2) is 11.8 Å². The van der Waals surface area contributed by atoms with Crippen molar-refractivity contribution in [3.05, 3.63) is 18.0 Å². The van der Waals surface area contributed by atoms with Crippen molar-refractivity contribution >= 4 is 17.4 Å². The number of rotatable bonds is 2. The van der Waals surface area contributed by atoms with Crippen LogP contribution in [0.4, 0.5) is 27.8 Å². The van der Waals surface area contributed by atoms with Crippen LogP contribution in [0.5, 0.6) is 0 Å². The molecule has 2 aliphatic heterocycles. The fourth-order valence-electron chi connectivity index (χ4n) is 3.39. The maximum absolute atomic E-state index is 13.3. The third-order valence-corrected chi connectivity index (χ3v) is 4.97. The lowest BCUT2D eigenvalue weighted by molar-refractivity contribution is -0.150. The summed E-state index contributed by atoms with van der Waals surface area (Å²) in [7, 11) is 0. The van der Waals surface area contributed by atoms with Crippen LogP contribution in [0.3, 0.4) is 0 Å². The number of piperidine rings is 1. The maximum atomic E-state index is 13.3. The summed E-state index contributed by atoms with van der Waals surface area (Å²) >= 11 is 0. The monoisotopic (exact) mass is 420 g/mol. The molecule has 2 fully saturated rings. The molecule has 4 heterocycles. The number of likely N-dealkylation sites (tertiary alicyclic amines) is 1. The van der Waals surface area contributed by atoms with Gasteiger partial charge in [-0.1, -0.05) is 0 Å². The molecule has 0 bridgehead atoms. The number of ether oxygens (including phenoxy) is 1. The Morgan fingerprint density at radius 3 is 2.55 bits per heavy atom. The molecule has 158 valence electrons. The molecule has 0 aliphatic carbocycles. The average Bonchev–Trinajstić information content (AvgIpc) is 3.11. The Balaban J connectivity index is 1.50. The molecule has 4 rings (SSSR count). The third-order valence-electron chi connectivity index (χ3n) is 4.97. The number of carbonyl (C=O) groups excluding carboxylic acids is 1. The van der Waals surface area contributed by atoms with Crippen LogP contribution in [0, 0.1) is 0 Å². The molecule has 2 aliphatic rings. The summed E-state index contributed by atoms with van der Waals surface area (Å²) in [5.41, 5.74) is -0.0591. The predicted octanol–water partition coefficient (Wildman–Crippen LogP) is 1.61. The van der Waals surface area contributed by atoms with Crippen LogP contribution < -0.4 is 4.90 Å². The minimum absolute atomic E-state index is 0.0493. The molecular formula is C16H17F5N6O2. The smallest absolute Gasteiger partial charge is 0.365 e. The van der Waals surface area contributed by atoms with Gasteiger partial charge in [-0.25, -0.2) is 8.78 Å². The fourth-order valence-corrected chi connectivity index (χ4v) is 3.39. The molecule has 1 amide bonds. The van der Waals surface area contributed by atoms with Gasteiger partial charge in [0.25, 0.3) is 17.7 Å². The second-order valence-electron chi connectivity index (χ2n) is 6.97. The minimum Gasteiger partial charge on any atom is -0.365 e. The Morgan fingerprint density at radius 1 is 1.14 bits per heavy atom.